The van der Waals surface area contributed by atoms with Crippen LogP contribution in [0.4, 0.5) is 0 Å². The Labute approximate surface area is 227 Å². The maximum atomic E-state index is 3.62. The molecule has 0 spiro atoms. The van der Waals surface area contributed by atoms with E-state index < -0.39 is 0 Å². The topological polar surface area (TPSA) is 19.7 Å². The second-order valence-corrected chi connectivity index (χ2v) is 11.9. The van der Waals surface area contributed by atoms with Crippen LogP contribution in [0, 0.1) is 0 Å². The number of imidazole rings is 1. The Morgan fingerprint density at radius 3 is 1.36 bits per heavy atom. The monoisotopic (exact) mass is 504 g/mol. The fourth-order valence-electron chi connectivity index (χ4n) is 5.90. The van der Waals surface area contributed by atoms with Gasteiger partial charge in [0.15, 0.2) is 0 Å². The van der Waals surface area contributed by atoms with Crippen molar-refractivity contribution in [3.8, 4) is 0 Å². The first-order chi connectivity index (χ1) is 17.7. The van der Waals surface area contributed by atoms with Gasteiger partial charge in [-0.15, -0.1) is 0 Å². The number of aromatic nitrogens is 2. The number of hydrogen-bond donors (Lipinski definition) is 1. The fraction of sp³-hybridized carbons (Fsp3) is 0.912. The molecule has 2 atom stereocenters. The molecule has 0 saturated heterocycles. The maximum absolute atomic E-state index is 3.62. The lowest BCUT2D eigenvalue weighted by molar-refractivity contribution is -0.727. The summed E-state index contributed by atoms with van der Waals surface area (Å²) in [7, 11) is 0. The third-order valence-electron chi connectivity index (χ3n) is 8.48. The summed E-state index contributed by atoms with van der Waals surface area (Å²) in [6, 6.07) is 0.623. The molecule has 0 aliphatic carbocycles. The number of nitrogens with one attached hydrogen (secondary N) is 1. The first-order valence-corrected chi connectivity index (χ1v) is 16.8. The number of rotatable bonds is 27. The largest absolute Gasteiger partial charge is 0.257 e. The van der Waals surface area contributed by atoms with Gasteiger partial charge in [0, 0.05) is 0 Å². The van der Waals surface area contributed by atoms with Crippen molar-refractivity contribution >= 4 is 0 Å². The predicted molar refractivity (Wildman–Crippen MR) is 161 cm³/mol. The smallest absolute Gasteiger partial charge is 0.247 e. The number of nitrogens with zero attached hydrogens (tertiary/aromatic N) is 1. The van der Waals surface area contributed by atoms with E-state index in [-0.39, 0.29) is 0 Å². The summed E-state index contributed by atoms with van der Waals surface area (Å²) in [5.74, 6) is 2.17. The second kappa shape index (κ2) is 24.5. The molecule has 1 N–H and O–H groups in total. The minimum Gasteiger partial charge on any atom is -0.247 e. The molecule has 0 amide bonds. The molecule has 1 rings (SSSR count). The summed E-state index contributed by atoms with van der Waals surface area (Å²) in [5.41, 5.74) is 0. The van der Waals surface area contributed by atoms with Crippen LogP contribution in [0.1, 0.15) is 206 Å². The minimum atomic E-state index is 0.623. The Morgan fingerprint density at radius 1 is 0.556 bits per heavy atom. The van der Waals surface area contributed by atoms with Gasteiger partial charge in [-0.2, -0.15) is 0 Å². The van der Waals surface area contributed by atoms with Crippen molar-refractivity contribution in [1.29, 1.82) is 0 Å². The van der Waals surface area contributed by atoms with Crippen LogP contribution in [-0.2, 0) is 0 Å². The second-order valence-electron chi connectivity index (χ2n) is 11.9. The zero-order valence-electron chi connectivity index (χ0n) is 25.4. The molecule has 0 fully saturated rings. The van der Waals surface area contributed by atoms with Gasteiger partial charge in [-0.25, -0.2) is 9.55 Å². The summed E-state index contributed by atoms with van der Waals surface area (Å²) in [4.78, 5) is 3.62. The van der Waals surface area contributed by atoms with E-state index in [9.17, 15) is 0 Å². The zero-order chi connectivity index (χ0) is 26.1. The molecule has 0 aliphatic heterocycles. The Hall–Kier alpha value is -0.790. The van der Waals surface area contributed by atoms with Crippen molar-refractivity contribution in [2.24, 2.45) is 0 Å². The highest BCUT2D eigenvalue weighted by Crippen LogP contribution is 2.24. The molecule has 1 aromatic heterocycles. The molecular formula is C34H67N2+. The van der Waals surface area contributed by atoms with E-state index in [0.29, 0.717) is 12.0 Å². The van der Waals surface area contributed by atoms with Crippen LogP contribution in [0.5, 0.6) is 0 Å². The molecule has 0 aromatic carbocycles. The maximum Gasteiger partial charge on any atom is 0.257 e. The zero-order valence-corrected chi connectivity index (χ0v) is 25.4. The van der Waals surface area contributed by atoms with Gasteiger partial charge in [0.1, 0.15) is 12.4 Å². The number of unbranched alkanes of at least 4 members (excludes halogenated alkanes) is 20. The van der Waals surface area contributed by atoms with Crippen LogP contribution < -0.4 is 4.57 Å². The summed E-state index contributed by atoms with van der Waals surface area (Å²) in [5, 5.41) is 0. The van der Waals surface area contributed by atoms with Crippen LogP contribution in [0.2, 0.25) is 0 Å². The van der Waals surface area contributed by atoms with Gasteiger partial charge in [0.05, 0.1) is 12.0 Å². The van der Waals surface area contributed by atoms with E-state index in [4.69, 9.17) is 0 Å². The molecule has 2 unspecified atom stereocenters. The van der Waals surface area contributed by atoms with E-state index >= 15 is 0 Å². The molecule has 0 radical (unpaired) electrons. The lowest BCUT2D eigenvalue weighted by Crippen LogP contribution is -2.41. The lowest BCUT2D eigenvalue weighted by Gasteiger charge is -2.16. The van der Waals surface area contributed by atoms with Crippen LogP contribution in [0.3, 0.4) is 0 Å². The van der Waals surface area contributed by atoms with Crippen LogP contribution in [0.25, 0.3) is 0 Å². The molecule has 0 aliphatic rings. The van der Waals surface area contributed by atoms with Crippen LogP contribution in [0.15, 0.2) is 12.4 Å². The average Bonchev–Trinajstić information content (AvgIpc) is 3.38. The van der Waals surface area contributed by atoms with Crippen molar-refractivity contribution < 1.29 is 4.57 Å². The van der Waals surface area contributed by atoms with Gasteiger partial charge in [0.25, 0.3) is 5.82 Å². The van der Waals surface area contributed by atoms with Gasteiger partial charge < -0.3 is 0 Å². The van der Waals surface area contributed by atoms with Gasteiger partial charge in [-0.1, -0.05) is 156 Å². The molecule has 0 bridgehead atoms. The predicted octanol–water partition coefficient (Wildman–Crippen LogP) is 11.8. The first kappa shape index (κ1) is 33.2. The van der Waals surface area contributed by atoms with E-state index in [1.54, 1.807) is 0 Å². The van der Waals surface area contributed by atoms with E-state index in [0.717, 1.165) is 0 Å². The normalized spacial score (nSPS) is 13.3. The first-order valence-electron chi connectivity index (χ1n) is 16.8. The Balaban J connectivity index is 2.03. The third kappa shape index (κ3) is 16.9. The molecular weight excluding hydrogens is 436 g/mol. The van der Waals surface area contributed by atoms with Crippen molar-refractivity contribution in [1.82, 2.24) is 4.98 Å². The van der Waals surface area contributed by atoms with Gasteiger partial charge in [0.2, 0.25) is 0 Å². The number of hydrogen-bond acceptors (Lipinski definition) is 0. The fourth-order valence-corrected chi connectivity index (χ4v) is 5.90. The highest BCUT2D eigenvalue weighted by atomic mass is 15.1. The Bertz CT molecular complexity index is 563. The minimum absolute atomic E-state index is 0.623. The van der Waals surface area contributed by atoms with Crippen molar-refractivity contribution in [2.45, 2.75) is 200 Å². The van der Waals surface area contributed by atoms with E-state index in [1.165, 1.54) is 166 Å². The van der Waals surface area contributed by atoms with E-state index in [2.05, 4.69) is 49.6 Å². The highest BCUT2D eigenvalue weighted by Gasteiger charge is 2.24. The van der Waals surface area contributed by atoms with Crippen molar-refractivity contribution in [3.05, 3.63) is 18.2 Å². The van der Waals surface area contributed by atoms with Crippen molar-refractivity contribution in [3.63, 3.8) is 0 Å². The summed E-state index contributed by atoms with van der Waals surface area (Å²) in [6.07, 6.45) is 40.0. The lowest BCUT2D eigenvalue weighted by atomic mass is 9.96. The molecule has 212 valence electrons. The van der Waals surface area contributed by atoms with Crippen molar-refractivity contribution in [2.75, 3.05) is 0 Å². The Morgan fingerprint density at radius 2 is 0.944 bits per heavy atom. The van der Waals surface area contributed by atoms with Gasteiger partial charge >= 0.3 is 0 Å². The van der Waals surface area contributed by atoms with Crippen LogP contribution >= 0.6 is 0 Å². The molecule has 1 heterocycles. The summed E-state index contributed by atoms with van der Waals surface area (Å²) < 4.78 is 2.56. The van der Waals surface area contributed by atoms with Gasteiger partial charge in [-0.3, -0.25) is 0 Å². The quantitative estimate of drug-likeness (QED) is 0.0909. The molecule has 2 nitrogen and oxygen atoms in total. The van der Waals surface area contributed by atoms with E-state index in [1.807, 2.05) is 0 Å². The highest BCUT2D eigenvalue weighted by molar-refractivity contribution is 4.89. The number of H-pyrrole nitrogens is 1. The average molecular weight is 504 g/mol. The summed E-state index contributed by atoms with van der Waals surface area (Å²) >= 11 is 0. The SMILES string of the molecule is CCCCCCCCCCCCCCCCCCCC(CC)c1[nH]cc[n+]1C(C)CCCCCCC. The van der Waals surface area contributed by atoms with Gasteiger partial charge in [-0.05, 0) is 32.6 Å². The number of aromatic amines is 1. The molecule has 36 heavy (non-hydrogen) atoms. The third-order valence-corrected chi connectivity index (χ3v) is 8.48. The standard InChI is InChI=1S/C34H66N2/c1-5-8-10-12-13-14-15-16-17-18-19-20-21-22-23-25-27-29-33(7-3)34-35-30-31-36(34)32(4)28-26-24-11-9-6-2/h30-33H,5-29H2,1-4H3/p+1. The molecule has 1 aromatic rings. The molecule has 2 heteroatoms. The molecule has 0 saturated carbocycles. The summed E-state index contributed by atoms with van der Waals surface area (Å²) in [6.45, 7) is 9.40. The van der Waals surface area contributed by atoms with Crippen LogP contribution in [-0.4, -0.2) is 4.98 Å². The Kier molecular flexibility index (Phi) is 22.7.